The minimum Gasteiger partial charge on any atom is -0.423 e. The zero-order valence-electron chi connectivity index (χ0n) is 13.6. The smallest absolute Gasteiger partial charge is 0.344 e. The molecule has 0 saturated heterocycles. The number of halogens is 3. The highest BCUT2D eigenvalue weighted by atomic mass is 127. The van der Waals surface area contributed by atoms with Crippen LogP contribution < -0.4 is 9.47 Å². The first kappa shape index (κ1) is 20.1. The van der Waals surface area contributed by atoms with Crippen LogP contribution in [0.25, 0.3) is 0 Å². The molecule has 0 aliphatic rings. The van der Waals surface area contributed by atoms with Crippen LogP contribution in [0.2, 0.25) is 5.02 Å². The normalized spacial score (nSPS) is 10.3. The molecule has 0 aliphatic carbocycles. The first-order valence-corrected chi connectivity index (χ1v) is 10.2. The Labute approximate surface area is 188 Å². The zero-order valence-corrected chi connectivity index (χ0v) is 18.7. The lowest BCUT2D eigenvalue weighted by Crippen LogP contribution is -2.11. The van der Waals surface area contributed by atoms with Crippen molar-refractivity contribution in [3.05, 3.63) is 90.0 Å². The molecule has 0 aromatic heterocycles. The van der Waals surface area contributed by atoms with Crippen LogP contribution in [-0.2, 0) is 0 Å². The molecule has 0 heterocycles. The van der Waals surface area contributed by atoms with E-state index in [1.165, 1.54) is 18.2 Å². The Morgan fingerprint density at radius 2 is 1.26 bits per heavy atom. The molecular weight excluding hydrogens is 593 g/mol. The molecule has 0 bridgehead atoms. The van der Waals surface area contributed by atoms with E-state index < -0.39 is 11.9 Å². The largest absolute Gasteiger partial charge is 0.423 e. The highest BCUT2D eigenvalue weighted by molar-refractivity contribution is 14.1. The maximum Gasteiger partial charge on any atom is 0.344 e. The molecule has 0 saturated carbocycles. The summed E-state index contributed by atoms with van der Waals surface area (Å²) in [6, 6.07) is 18.6. The summed E-state index contributed by atoms with van der Waals surface area (Å²) in [7, 11) is 0. The summed E-state index contributed by atoms with van der Waals surface area (Å²) in [5.41, 5.74) is 0.909. The first-order valence-electron chi connectivity index (χ1n) is 7.68. The van der Waals surface area contributed by atoms with Crippen molar-refractivity contribution in [3.8, 4) is 11.5 Å². The summed E-state index contributed by atoms with van der Waals surface area (Å²) in [6.07, 6.45) is 0. The van der Waals surface area contributed by atoms with Gasteiger partial charge in [0.15, 0.2) is 0 Å². The number of hydrogen-bond donors (Lipinski definition) is 0. The second kappa shape index (κ2) is 9.03. The van der Waals surface area contributed by atoms with Crippen molar-refractivity contribution in [2.75, 3.05) is 0 Å². The Morgan fingerprint density at radius 3 is 1.78 bits per heavy atom. The van der Waals surface area contributed by atoms with Crippen molar-refractivity contribution in [2.24, 2.45) is 0 Å². The molecule has 7 heteroatoms. The Kier molecular flexibility index (Phi) is 6.72. The van der Waals surface area contributed by atoms with Gasteiger partial charge in [-0.05, 0) is 81.6 Å². The average Bonchev–Trinajstić information content (AvgIpc) is 2.64. The highest BCUT2D eigenvalue weighted by Crippen LogP contribution is 2.30. The summed E-state index contributed by atoms with van der Waals surface area (Å²) in [4.78, 5) is 24.6. The van der Waals surface area contributed by atoms with E-state index in [1.54, 1.807) is 24.3 Å². The number of hydrogen-bond acceptors (Lipinski definition) is 4. The van der Waals surface area contributed by atoms with Gasteiger partial charge in [0.25, 0.3) is 0 Å². The number of benzene rings is 3. The fraction of sp³-hybridized carbons (Fsp3) is 0. The van der Waals surface area contributed by atoms with Crippen LogP contribution in [-0.4, -0.2) is 11.9 Å². The van der Waals surface area contributed by atoms with Crippen LogP contribution in [0.5, 0.6) is 11.5 Å². The molecule has 0 amide bonds. The van der Waals surface area contributed by atoms with Gasteiger partial charge in [-0.2, -0.15) is 0 Å². The molecule has 3 rings (SSSR count). The third-order valence-corrected chi connectivity index (χ3v) is 5.68. The van der Waals surface area contributed by atoms with Crippen LogP contribution in [0, 0.1) is 7.14 Å². The topological polar surface area (TPSA) is 52.6 Å². The van der Waals surface area contributed by atoms with E-state index in [4.69, 9.17) is 21.1 Å². The van der Waals surface area contributed by atoms with Gasteiger partial charge in [0.05, 0.1) is 16.1 Å². The van der Waals surface area contributed by atoms with Crippen LogP contribution in [0.1, 0.15) is 20.7 Å². The molecule has 27 heavy (non-hydrogen) atoms. The van der Waals surface area contributed by atoms with E-state index in [9.17, 15) is 9.59 Å². The van der Waals surface area contributed by atoms with Crippen LogP contribution in [0.4, 0.5) is 0 Å². The molecule has 0 aliphatic heterocycles. The van der Waals surface area contributed by atoms with E-state index in [0.717, 1.165) is 7.14 Å². The van der Waals surface area contributed by atoms with Crippen molar-refractivity contribution in [1.29, 1.82) is 0 Å². The lowest BCUT2D eigenvalue weighted by atomic mass is 10.2. The molecule has 0 atom stereocenters. The zero-order chi connectivity index (χ0) is 19.4. The summed E-state index contributed by atoms with van der Waals surface area (Å²) in [6.45, 7) is 0. The van der Waals surface area contributed by atoms with Gasteiger partial charge in [0.2, 0.25) is 0 Å². The molecule has 0 radical (unpaired) electrons. The van der Waals surface area contributed by atoms with Gasteiger partial charge in [-0.15, -0.1) is 0 Å². The number of esters is 2. The predicted molar refractivity (Wildman–Crippen MR) is 120 cm³/mol. The SMILES string of the molecule is O=C(Oc1ccc(OC(=O)c2ccccc2I)c(Cl)c1)c1ccccc1I. The average molecular weight is 605 g/mol. The minimum atomic E-state index is -0.509. The van der Waals surface area contributed by atoms with E-state index in [1.807, 2.05) is 24.3 Å². The highest BCUT2D eigenvalue weighted by Gasteiger charge is 2.16. The van der Waals surface area contributed by atoms with Crippen molar-refractivity contribution in [3.63, 3.8) is 0 Å². The summed E-state index contributed by atoms with van der Waals surface area (Å²) < 4.78 is 12.3. The van der Waals surface area contributed by atoms with Gasteiger partial charge in [-0.3, -0.25) is 0 Å². The monoisotopic (exact) mass is 604 g/mol. The molecule has 3 aromatic carbocycles. The van der Waals surface area contributed by atoms with E-state index >= 15 is 0 Å². The number of ether oxygens (including phenoxy) is 2. The van der Waals surface area contributed by atoms with E-state index in [-0.39, 0.29) is 16.5 Å². The number of carbonyl (C=O) groups excluding carboxylic acids is 2. The Hall–Kier alpha value is -1.65. The predicted octanol–water partition coefficient (Wildman–Crippen LogP) is 5.99. The Bertz CT molecular complexity index is 1020. The second-order valence-electron chi connectivity index (χ2n) is 5.33. The third-order valence-electron chi connectivity index (χ3n) is 3.50. The van der Waals surface area contributed by atoms with Crippen molar-refractivity contribution >= 4 is 68.7 Å². The van der Waals surface area contributed by atoms with Crippen LogP contribution >= 0.6 is 56.8 Å². The van der Waals surface area contributed by atoms with Crippen molar-refractivity contribution < 1.29 is 19.1 Å². The van der Waals surface area contributed by atoms with Crippen molar-refractivity contribution in [1.82, 2.24) is 0 Å². The lowest BCUT2D eigenvalue weighted by molar-refractivity contribution is 0.0718. The number of carbonyl (C=O) groups is 2. The second-order valence-corrected chi connectivity index (χ2v) is 8.06. The van der Waals surface area contributed by atoms with E-state index in [0.29, 0.717) is 11.1 Å². The molecule has 0 N–H and O–H groups in total. The first-order chi connectivity index (χ1) is 13.0. The maximum absolute atomic E-state index is 12.3. The molecule has 4 nitrogen and oxygen atoms in total. The van der Waals surface area contributed by atoms with Gasteiger partial charge in [0, 0.05) is 13.2 Å². The summed E-state index contributed by atoms with van der Waals surface area (Å²) in [5.74, 6) is -0.542. The fourth-order valence-corrected chi connectivity index (χ4v) is 3.62. The summed E-state index contributed by atoms with van der Waals surface area (Å²) in [5, 5.41) is 0.169. The molecule has 0 unspecified atom stereocenters. The molecule has 0 spiro atoms. The lowest BCUT2D eigenvalue weighted by Gasteiger charge is -2.10. The Balaban J connectivity index is 1.74. The molecule has 0 fully saturated rings. The van der Waals surface area contributed by atoms with Gasteiger partial charge in [0.1, 0.15) is 11.5 Å². The number of rotatable bonds is 4. The van der Waals surface area contributed by atoms with Gasteiger partial charge >= 0.3 is 11.9 Å². The third kappa shape index (κ3) is 4.99. The van der Waals surface area contributed by atoms with Crippen LogP contribution in [0.15, 0.2) is 66.7 Å². The van der Waals surface area contributed by atoms with E-state index in [2.05, 4.69) is 45.2 Å². The van der Waals surface area contributed by atoms with Crippen LogP contribution in [0.3, 0.4) is 0 Å². The Morgan fingerprint density at radius 1 is 0.741 bits per heavy atom. The summed E-state index contributed by atoms with van der Waals surface area (Å²) >= 11 is 10.3. The molecule has 136 valence electrons. The van der Waals surface area contributed by atoms with Gasteiger partial charge in [-0.1, -0.05) is 35.9 Å². The maximum atomic E-state index is 12.3. The molecule has 3 aromatic rings. The fourth-order valence-electron chi connectivity index (χ4n) is 2.20. The quantitative estimate of drug-likeness (QED) is 0.209. The minimum absolute atomic E-state index is 0.169. The van der Waals surface area contributed by atoms with Gasteiger partial charge < -0.3 is 9.47 Å². The van der Waals surface area contributed by atoms with Gasteiger partial charge in [-0.25, -0.2) is 9.59 Å². The van der Waals surface area contributed by atoms with Crippen molar-refractivity contribution in [2.45, 2.75) is 0 Å². The molecular formula is C20H11ClI2O4. The standard InChI is InChI=1S/C20H11ClI2O4/c21-15-11-12(26-19(24)13-5-1-3-7-16(13)22)9-10-18(15)27-20(25)14-6-2-4-8-17(14)23/h1-11H.